The molecule has 0 saturated carbocycles. The Bertz CT molecular complexity index is 429. The van der Waals surface area contributed by atoms with Crippen LogP contribution in [-0.2, 0) is 4.79 Å². The third-order valence-corrected chi connectivity index (χ3v) is 3.36. The van der Waals surface area contributed by atoms with Gasteiger partial charge in [-0.3, -0.25) is 4.79 Å². The highest BCUT2D eigenvalue weighted by molar-refractivity contribution is 5.95. The SMILES string of the molecule is O=C(CC1CNC1)N1CCOc2ccccc21. The topological polar surface area (TPSA) is 41.6 Å². The van der Waals surface area contributed by atoms with Crippen LogP contribution in [0.4, 0.5) is 5.69 Å². The molecule has 3 rings (SSSR count). The molecule has 2 heterocycles. The normalized spacial score (nSPS) is 19.2. The molecule has 1 aromatic rings. The van der Waals surface area contributed by atoms with Gasteiger partial charge in [0.2, 0.25) is 5.91 Å². The first kappa shape index (κ1) is 10.6. The van der Waals surface area contributed by atoms with Crippen LogP contribution in [0.5, 0.6) is 5.75 Å². The zero-order chi connectivity index (χ0) is 11.7. The molecule has 0 radical (unpaired) electrons. The van der Waals surface area contributed by atoms with Crippen LogP contribution < -0.4 is 15.0 Å². The lowest BCUT2D eigenvalue weighted by atomic mass is 9.98. The average molecular weight is 232 g/mol. The van der Waals surface area contributed by atoms with Crippen LogP contribution >= 0.6 is 0 Å². The monoisotopic (exact) mass is 232 g/mol. The Labute approximate surface area is 101 Å². The Hall–Kier alpha value is -1.55. The second kappa shape index (κ2) is 4.37. The van der Waals surface area contributed by atoms with Crippen LogP contribution in [0.2, 0.25) is 0 Å². The Balaban J connectivity index is 1.77. The van der Waals surface area contributed by atoms with Gasteiger partial charge in [0.25, 0.3) is 0 Å². The molecule has 2 aliphatic rings. The summed E-state index contributed by atoms with van der Waals surface area (Å²) in [5.74, 6) is 1.54. The molecule has 90 valence electrons. The molecule has 1 N–H and O–H groups in total. The first-order valence-electron chi connectivity index (χ1n) is 6.07. The van der Waals surface area contributed by atoms with E-state index in [4.69, 9.17) is 4.74 Å². The highest BCUT2D eigenvalue weighted by Crippen LogP contribution is 2.31. The van der Waals surface area contributed by atoms with E-state index in [9.17, 15) is 4.79 Å². The van der Waals surface area contributed by atoms with Crippen molar-refractivity contribution in [2.24, 2.45) is 5.92 Å². The van der Waals surface area contributed by atoms with Gasteiger partial charge in [0.15, 0.2) is 0 Å². The van der Waals surface area contributed by atoms with E-state index >= 15 is 0 Å². The minimum atomic E-state index is 0.215. The number of ether oxygens (including phenoxy) is 1. The highest BCUT2D eigenvalue weighted by atomic mass is 16.5. The number of hydrogen-bond acceptors (Lipinski definition) is 3. The van der Waals surface area contributed by atoms with Gasteiger partial charge < -0.3 is 15.0 Å². The molecular formula is C13H16N2O2. The number of hydrogen-bond donors (Lipinski definition) is 1. The van der Waals surface area contributed by atoms with E-state index in [2.05, 4.69) is 5.32 Å². The lowest BCUT2D eigenvalue weighted by Crippen LogP contribution is -2.46. The van der Waals surface area contributed by atoms with Gasteiger partial charge in [-0.1, -0.05) is 12.1 Å². The van der Waals surface area contributed by atoms with Crippen LogP contribution in [-0.4, -0.2) is 32.1 Å². The minimum absolute atomic E-state index is 0.215. The fraction of sp³-hybridized carbons (Fsp3) is 0.462. The summed E-state index contributed by atoms with van der Waals surface area (Å²) in [6, 6.07) is 7.74. The van der Waals surface area contributed by atoms with Gasteiger partial charge in [-0.15, -0.1) is 0 Å². The predicted octanol–water partition coefficient (Wildman–Crippen LogP) is 1.02. The Morgan fingerprint density at radius 2 is 2.24 bits per heavy atom. The van der Waals surface area contributed by atoms with Gasteiger partial charge in [-0.25, -0.2) is 0 Å². The van der Waals surface area contributed by atoms with Crippen molar-refractivity contribution in [3.05, 3.63) is 24.3 Å². The summed E-state index contributed by atoms with van der Waals surface area (Å²) in [5, 5.41) is 3.19. The lowest BCUT2D eigenvalue weighted by Gasteiger charge is -2.33. The van der Waals surface area contributed by atoms with Gasteiger partial charge in [0.1, 0.15) is 12.4 Å². The first-order chi connectivity index (χ1) is 8.34. The van der Waals surface area contributed by atoms with Crippen molar-refractivity contribution in [2.75, 3.05) is 31.1 Å². The molecule has 2 aliphatic heterocycles. The predicted molar refractivity (Wildman–Crippen MR) is 65.3 cm³/mol. The average Bonchev–Trinajstić information content (AvgIpc) is 2.33. The third-order valence-electron chi connectivity index (χ3n) is 3.36. The second-order valence-corrected chi connectivity index (χ2v) is 4.59. The number of para-hydroxylation sites is 2. The molecule has 1 fully saturated rings. The standard InChI is InChI=1S/C13H16N2O2/c16-13(7-10-8-14-9-10)15-5-6-17-12-4-2-1-3-11(12)15/h1-4,10,14H,5-9H2. The lowest BCUT2D eigenvalue weighted by molar-refractivity contribution is -0.120. The highest BCUT2D eigenvalue weighted by Gasteiger charge is 2.27. The van der Waals surface area contributed by atoms with E-state index in [-0.39, 0.29) is 5.91 Å². The van der Waals surface area contributed by atoms with Gasteiger partial charge in [-0.05, 0) is 31.1 Å². The molecule has 4 nitrogen and oxygen atoms in total. The van der Waals surface area contributed by atoms with Gasteiger partial charge >= 0.3 is 0 Å². The number of nitrogens with one attached hydrogen (secondary N) is 1. The van der Waals surface area contributed by atoms with E-state index in [1.807, 2.05) is 29.2 Å². The van der Waals surface area contributed by atoms with E-state index in [1.165, 1.54) is 0 Å². The molecule has 0 aliphatic carbocycles. The second-order valence-electron chi connectivity index (χ2n) is 4.59. The number of anilines is 1. The molecule has 0 atom stereocenters. The zero-order valence-electron chi connectivity index (χ0n) is 9.69. The number of carbonyl (C=O) groups excluding carboxylic acids is 1. The largest absolute Gasteiger partial charge is 0.490 e. The van der Waals surface area contributed by atoms with Crippen LogP contribution in [0.1, 0.15) is 6.42 Å². The van der Waals surface area contributed by atoms with Crippen molar-refractivity contribution in [1.29, 1.82) is 0 Å². The summed E-state index contributed by atoms with van der Waals surface area (Å²) in [6.07, 6.45) is 0.640. The zero-order valence-corrected chi connectivity index (χ0v) is 9.69. The van der Waals surface area contributed by atoms with E-state index in [0.29, 0.717) is 25.5 Å². The van der Waals surface area contributed by atoms with Crippen molar-refractivity contribution in [2.45, 2.75) is 6.42 Å². The molecule has 0 unspecified atom stereocenters. The smallest absolute Gasteiger partial charge is 0.227 e. The number of amides is 1. The summed E-state index contributed by atoms with van der Waals surface area (Å²) in [6.45, 7) is 3.19. The van der Waals surface area contributed by atoms with Crippen molar-refractivity contribution in [1.82, 2.24) is 5.32 Å². The van der Waals surface area contributed by atoms with Crippen molar-refractivity contribution in [3.63, 3.8) is 0 Å². The molecule has 1 amide bonds. The maximum atomic E-state index is 12.2. The molecule has 1 aromatic carbocycles. The number of benzene rings is 1. The maximum absolute atomic E-state index is 12.2. The quantitative estimate of drug-likeness (QED) is 0.827. The molecule has 17 heavy (non-hydrogen) atoms. The Kier molecular flexibility index (Phi) is 2.73. The van der Waals surface area contributed by atoms with Crippen molar-refractivity contribution in [3.8, 4) is 5.75 Å². The van der Waals surface area contributed by atoms with E-state index in [1.54, 1.807) is 0 Å². The van der Waals surface area contributed by atoms with Crippen molar-refractivity contribution >= 4 is 11.6 Å². The van der Waals surface area contributed by atoms with Crippen LogP contribution in [0.15, 0.2) is 24.3 Å². The number of carbonyl (C=O) groups is 1. The number of fused-ring (bicyclic) bond motifs is 1. The minimum Gasteiger partial charge on any atom is -0.490 e. The van der Waals surface area contributed by atoms with Crippen LogP contribution in [0.25, 0.3) is 0 Å². The maximum Gasteiger partial charge on any atom is 0.227 e. The molecule has 4 heteroatoms. The first-order valence-corrected chi connectivity index (χ1v) is 6.07. The summed E-state index contributed by atoms with van der Waals surface area (Å²) >= 11 is 0. The van der Waals surface area contributed by atoms with E-state index in [0.717, 1.165) is 24.5 Å². The fourth-order valence-corrected chi connectivity index (χ4v) is 2.28. The Morgan fingerprint density at radius 3 is 3.00 bits per heavy atom. The molecule has 0 aromatic heterocycles. The Morgan fingerprint density at radius 1 is 1.41 bits per heavy atom. The van der Waals surface area contributed by atoms with Crippen LogP contribution in [0, 0.1) is 5.92 Å². The summed E-state index contributed by atoms with van der Waals surface area (Å²) in [5.41, 5.74) is 0.913. The van der Waals surface area contributed by atoms with Crippen LogP contribution in [0.3, 0.4) is 0 Å². The number of nitrogens with zero attached hydrogens (tertiary/aromatic N) is 1. The summed E-state index contributed by atoms with van der Waals surface area (Å²) in [7, 11) is 0. The molecule has 0 bridgehead atoms. The van der Waals surface area contributed by atoms with Gasteiger partial charge in [0, 0.05) is 6.42 Å². The summed E-state index contributed by atoms with van der Waals surface area (Å²) < 4.78 is 5.54. The third kappa shape index (κ3) is 2.00. The fourth-order valence-electron chi connectivity index (χ4n) is 2.28. The molecule has 0 spiro atoms. The van der Waals surface area contributed by atoms with E-state index < -0.39 is 0 Å². The van der Waals surface area contributed by atoms with Gasteiger partial charge in [-0.2, -0.15) is 0 Å². The van der Waals surface area contributed by atoms with Crippen molar-refractivity contribution < 1.29 is 9.53 Å². The summed E-state index contributed by atoms with van der Waals surface area (Å²) in [4.78, 5) is 14.1. The molecule has 1 saturated heterocycles. The van der Waals surface area contributed by atoms with Gasteiger partial charge in [0.05, 0.1) is 12.2 Å². The number of rotatable bonds is 2. The molecular weight excluding hydrogens is 216 g/mol.